The number of aryl methyl sites for hydroxylation is 1. The summed E-state index contributed by atoms with van der Waals surface area (Å²) in [5.74, 6) is -0.428. The van der Waals surface area contributed by atoms with Crippen LogP contribution in [0.25, 0.3) is 0 Å². The molecule has 1 aromatic heterocycles. The molecule has 0 bridgehead atoms. The molecule has 1 amide bonds. The Kier molecular flexibility index (Phi) is 4.22. The van der Waals surface area contributed by atoms with Gasteiger partial charge in [-0.05, 0) is 22.9 Å². The molecule has 2 heterocycles. The SMILES string of the molecule is COC(C(=O)N1CCCn2nnnc21)c1ccccc1C(F)(F)F. The van der Waals surface area contributed by atoms with Crippen molar-refractivity contribution in [2.75, 3.05) is 18.6 Å². The molecule has 1 aliphatic rings. The fourth-order valence-corrected chi connectivity index (χ4v) is 2.71. The Balaban J connectivity index is 1.98. The number of aromatic nitrogens is 4. The van der Waals surface area contributed by atoms with Crippen molar-refractivity contribution in [3.8, 4) is 0 Å². The van der Waals surface area contributed by atoms with Crippen LogP contribution in [-0.4, -0.2) is 39.8 Å². The van der Waals surface area contributed by atoms with Gasteiger partial charge in [0.05, 0.1) is 5.56 Å². The number of methoxy groups -OCH3 is 1. The average Bonchev–Trinajstić information content (AvgIpc) is 3.03. The molecule has 1 aliphatic heterocycles. The van der Waals surface area contributed by atoms with E-state index in [1.807, 2.05) is 0 Å². The molecule has 0 aliphatic carbocycles. The summed E-state index contributed by atoms with van der Waals surface area (Å²) in [6.45, 7) is 0.857. The molecule has 0 saturated carbocycles. The molecule has 0 radical (unpaired) electrons. The fraction of sp³-hybridized carbons (Fsp3) is 0.429. The molecule has 10 heteroatoms. The number of hydrogen-bond donors (Lipinski definition) is 0. The molecule has 3 rings (SSSR count). The van der Waals surface area contributed by atoms with E-state index in [9.17, 15) is 18.0 Å². The molecule has 128 valence electrons. The molecule has 0 spiro atoms. The third kappa shape index (κ3) is 2.84. The summed E-state index contributed by atoms with van der Waals surface area (Å²) in [5, 5.41) is 11.0. The topological polar surface area (TPSA) is 73.1 Å². The van der Waals surface area contributed by atoms with Crippen LogP contribution in [0.1, 0.15) is 23.7 Å². The van der Waals surface area contributed by atoms with E-state index in [-0.39, 0.29) is 11.5 Å². The standard InChI is InChI=1S/C14H14F3N5O2/c1-24-11(9-5-2-3-6-10(9)14(15,16)17)12(23)21-7-4-8-22-13(21)18-19-20-22/h2-3,5-6,11H,4,7-8H2,1H3. The number of nitrogens with zero attached hydrogens (tertiary/aromatic N) is 5. The first kappa shape index (κ1) is 16.4. The number of halogens is 3. The van der Waals surface area contributed by atoms with E-state index in [1.54, 1.807) is 0 Å². The molecule has 0 saturated heterocycles. The summed E-state index contributed by atoms with van der Waals surface area (Å²) in [5.41, 5.74) is -1.14. The average molecular weight is 341 g/mol. The van der Waals surface area contributed by atoms with Gasteiger partial charge in [0.25, 0.3) is 11.9 Å². The minimum atomic E-state index is -4.59. The highest BCUT2D eigenvalue weighted by Gasteiger charge is 2.39. The molecule has 1 atom stereocenters. The molecule has 1 unspecified atom stereocenters. The predicted octanol–water partition coefficient (Wildman–Crippen LogP) is 1.82. The highest BCUT2D eigenvalue weighted by atomic mass is 19.4. The smallest absolute Gasteiger partial charge is 0.367 e. The summed E-state index contributed by atoms with van der Waals surface area (Å²) < 4.78 is 46.2. The second-order valence-corrected chi connectivity index (χ2v) is 5.25. The highest BCUT2D eigenvalue weighted by Crippen LogP contribution is 2.36. The lowest BCUT2D eigenvalue weighted by molar-refractivity contribution is -0.140. The minimum absolute atomic E-state index is 0.206. The van der Waals surface area contributed by atoms with Gasteiger partial charge in [-0.25, -0.2) is 4.68 Å². The Morgan fingerprint density at radius 3 is 2.75 bits per heavy atom. The zero-order valence-electron chi connectivity index (χ0n) is 12.7. The number of rotatable bonds is 3. The minimum Gasteiger partial charge on any atom is -0.367 e. The van der Waals surface area contributed by atoms with Gasteiger partial charge in [-0.2, -0.15) is 13.2 Å². The van der Waals surface area contributed by atoms with E-state index in [0.717, 1.165) is 6.07 Å². The Morgan fingerprint density at radius 1 is 1.29 bits per heavy atom. The molecule has 1 aromatic carbocycles. The normalized spacial score (nSPS) is 15.9. The largest absolute Gasteiger partial charge is 0.416 e. The van der Waals surface area contributed by atoms with Crippen molar-refractivity contribution < 1.29 is 22.7 Å². The lowest BCUT2D eigenvalue weighted by Crippen LogP contribution is -2.41. The molecular weight excluding hydrogens is 327 g/mol. The van der Waals surface area contributed by atoms with Crippen LogP contribution in [0.15, 0.2) is 24.3 Å². The third-order valence-corrected chi connectivity index (χ3v) is 3.78. The first-order chi connectivity index (χ1) is 11.4. The molecule has 2 aromatic rings. The van der Waals surface area contributed by atoms with E-state index >= 15 is 0 Å². The first-order valence-electron chi connectivity index (χ1n) is 7.20. The number of amides is 1. The molecule has 24 heavy (non-hydrogen) atoms. The van der Waals surface area contributed by atoms with Crippen LogP contribution in [-0.2, 0) is 22.3 Å². The van der Waals surface area contributed by atoms with Crippen molar-refractivity contribution in [1.82, 2.24) is 20.2 Å². The van der Waals surface area contributed by atoms with Gasteiger partial charge in [-0.15, -0.1) is 0 Å². The molecule has 0 fully saturated rings. The van der Waals surface area contributed by atoms with Crippen molar-refractivity contribution in [2.45, 2.75) is 25.2 Å². The maximum atomic E-state index is 13.2. The lowest BCUT2D eigenvalue weighted by Gasteiger charge is -2.29. The van der Waals surface area contributed by atoms with E-state index in [0.29, 0.717) is 19.5 Å². The first-order valence-corrected chi connectivity index (χ1v) is 7.20. The van der Waals surface area contributed by atoms with E-state index in [2.05, 4.69) is 15.5 Å². The second-order valence-electron chi connectivity index (χ2n) is 5.25. The maximum absolute atomic E-state index is 13.2. The van der Waals surface area contributed by atoms with Gasteiger partial charge in [-0.3, -0.25) is 9.69 Å². The van der Waals surface area contributed by atoms with Crippen LogP contribution >= 0.6 is 0 Å². The van der Waals surface area contributed by atoms with Gasteiger partial charge in [0.15, 0.2) is 6.10 Å². The molecular formula is C14H14F3N5O2. The summed E-state index contributed by atoms with van der Waals surface area (Å²) in [6.07, 6.45) is -5.38. The van der Waals surface area contributed by atoms with Crippen LogP contribution in [0.5, 0.6) is 0 Å². The summed E-state index contributed by atoms with van der Waals surface area (Å²) in [7, 11) is 1.20. The molecule has 7 nitrogen and oxygen atoms in total. The third-order valence-electron chi connectivity index (χ3n) is 3.78. The quantitative estimate of drug-likeness (QED) is 0.851. The van der Waals surface area contributed by atoms with Crippen molar-refractivity contribution in [3.05, 3.63) is 35.4 Å². The van der Waals surface area contributed by atoms with Gasteiger partial charge >= 0.3 is 6.18 Å². The number of anilines is 1. The summed E-state index contributed by atoms with van der Waals surface area (Å²) >= 11 is 0. The number of carbonyl (C=O) groups is 1. The van der Waals surface area contributed by atoms with Gasteiger partial charge in [0.1, 0.15) is 0 Å². The van der Waals surface area contributed by atoms with Crippen LogP contribution in [0, 0.1) is 0 Å². The second kappa shape index (κ2) is 6.19. The number of hydrogen-bond acceptors (Lipinski definition) is 5. The number of carbonyl (C=O) groups excluding carboxylic acids is 1. The van der Waals surface area contributed by atoms with Gasteiger partial charge in [-0.1, -0.05) is 23.3 Å². The van der Waals surface area contributed by atoms with E-state index in [4.69, 9.17) is 4.74 Å². The molecule has 0 N–H and O–H groups in total. The van der Waals surface area contributed by atoms with Crippen molar-refractivity contribution in [2.24, 2.45) is 0 Å². The monoisotopic (exact) mass is 341 g/mol. The van der Waals surface area contributed by atoms with Crippen LogP contribution in [0.2, 0.25) is 0 Å². The Morgan fingerprint density at radius 2 is 2.04 bits per heavy atom. The van der Waals surface area contributed by atoms with Crippen LogP contribution < -0.4 is 4.90 Å². The number of fused-ring (bicyclic) bond motifs is 1. The Bertz CT molecular complexity index is 746. The van der Waals surface area contributed by atoms with Gasteiger partial charge in [0, 0.05) is 25.8 Å². The predicted molar refractivity (Wildman–Crippen MR) is 76.0 cm³/mol. The number of tetrazole rings is 1. The highest BCUT2D eigenvalue weighted by molar-refractivity contribution is 5.96. The number of alkyl halides is 3. The fourth-order valence-electron chi connectivity index (χ4n) is 2.71. The zero-order chi connectivity index (χ0) is 17.3. The summed E-state index contributed by atoms with van der Waals surface area (Å²) in [6, 6.07) is 4.87. The van der Waals surface area contributed by atoms with Crippen molar-refractivity contribution in [1.29, 1.82) is 0 Å². The van der Waals surface area contributed by atoms with Gasteiger partial charge in [0.2, 0.25) is 0 Å². The van der Waals surface area contributed by atoms with E-state index < -0.39 is 23.8 Å². The zero-order valence-corrected chi connectivity index (χ0v) is 12.7. The lowest BCUT2D eigenvalue weighted by atomic mass is 10.0. The number of benzene rings is 1. The Labute approximate surface area is 135 Å². The van der Waals surface area contributed by atoms with Crippen molar-refractivity contribution in [3.63, 3.8) is 0 Å². The van der Waals surface area contributed by atoms with Crippen LogP contribution in [0.4, 0.5) is 19.1 Å². The number of ether oxygens (including phenoxy) is 1. The summed E-state index contributed by atoms with van der Waals surface area (Å²) in [4.78, 5) is 14.0. The van der Waals surface area contributed by atoms with Crippen LogP contribution in [0.3, 0.4) is 0 Å². The van der Waals surface area contributed by atoms with Gasteiger partial charge < -0.3 is 4.74 Å². The van der Waals surface area contributed by atoms with E-state index in [1.165, 1.54) is 34.9 Å². The Hall–Kier alpha value is -2.49. The maximum Gasteiger partial charge on any atom is 0.416 e. The van der Waals surface area contributed by atoms with Crippen molar-refractivity contribution >= 4 is 11.9 Å².